The van der Waals surface area contributed by atoms with Crippen molar-refractivity contribution in [3.63, 3.8) is 0 Å². The zero-order valence-corrected chi connectivity index (χ0v) is 10.6. The summed E-state index contributed by atoms with van der Waals surface area (Å²) in [7, 11) is 0. The Morgan fingerprint density at radius 2 is 2.11 bits per heavy atom. The third-order valence-corrected chi connectivity index (χ3v) is 3.42. The largest absolute Gasteiger partial charge is 0.393 e. The third kappa shape index (κ3) is 3.19. The number of hydrogen-bond acceptors (Lipinski definition) is 4. The van der Waals surface area contributed by atoms with Crippen molar-refractivity contribution in [2.75, 3.05) is 13.1 Å². The Morgan fingerprint density at radius 1 is 1.44 bits per heavy atom. The second-order valence-corrected chi connectivity index (χ2v) is 4.97. The minimum Gasteiger partial charge on any atom is -0.393 e. The quantitative estimate of drug-likeness (QED) is 0.675. The van der Waals surface area contributed by atoms with Crippen LogP contribution in [-0.2, 0) is 6.54 Å². The molecular formula is C12H15ClN2O3. The fraction of sp³-hybridized carbons (Fsp3) is 0.500. The van der Waals surface area contributed by atoms with Crippen LogP contribution in [0.1, 0.15) is 18.4 Å². The highest BCUT2D eigenvalue weighted by Gasteiger charge is 2.21. The van der Waals surface area contributed by atoms with Crippen LogP contribution in [-0.4, -0.2) is 34.1 Å². The average Bonchev–Trinajstić information content (AvgIpc) is 2.32. The number of likely N-dealkylation sites (tertiary alicyclic amines) is 1. The number of halogens is 1. The van der Waals surface area contributed by atoms with Crippen molar-refractivity contribution in [3.05, 3.63) is 38.9 Å². The van der Waals surface area contributed by atoms with E-state index in [4.69, 9.17) is 11.6 Å². The summed E-state index contributed by atoms with van der Waals surface area (Å²) in [6.45, 7) is 2.01. The van der Waals surface area contributed by atoms with Crippen LogP contribution in [0.15, 0.2) is 18.2 Å². The molecule has 0 bridgehead atoms. The van der Waals surface area contributed by atoms with E-state index in [0.717, 1.165) is 13.1 Å². The normalized spacial score (nSPS) is 17.9. The first-order valence-electron chi connectivity index (χ1n) is 5.89. The van der Waals surface area contributed by atoms with Gasteiger partial charge >= 0.3 is 0 Å². The van der Waals surface area contributed by atoms with E-state index in [9.17, 15) is 15.2 Å². The van der Waals surface area contributed by atoms with Gasteiger partial charge in [-0.1, -0.05) is 11.6 Å². The van der Waals surface area contributed by atoms with Gasteiger partial charge in [-0.05, 0) is 25.0 Å². The SMILES string of the molecule is O=[N+]([O-])c1ccc(Cl)cc1CN1CCC(O)CC1. The molecular weight excluding hydrogens is 256 g/mol. The smallest absolute Gasteiger partial charge is 0.273 e. The van der Waals surface area contributed by atoms with Gasteiger partial charge in [-0.3, -0.25) is 15.0 Å². The van der Waals surface area contributed by atoms with Gasteiger partial charge in [0.25, 0.3) is 5.69 Å². The summed E-state index contributed by atoms with van der Waals surface area (Å²) in [4.78, 5) is 12.6. The number of piperidine rings is 1. The van der Waals surface area contributed by atoms with Gasteiger partial charge in [0, 0.05) is 36.3 Å². The van der Waals surface area contributed by atoms with Gasteiger partial charge in [-0.15, -0.1) is 0 Å². The zero-order valence-electron chi connectivity index (χ0n) is 9.88. The van der Waals surface area contributed by atoms with Crippen molar-refractivity contribution < 1.29 is 10.0 Å². The molecule has 1 heterocycles. The Bertz CT molecular complexity index is 445. The molecule has 0 saturated carbocycles. The first-order valence-corrected chi connectivity index (χ1v) is 6.27. The van der Waals surface area contributed by atoms with E-state index < -0.39 is 0 Å². The van der Waals surface area contributed by atoms with Crippen molar-refractivity contribution in [1.29, 1.82) is 0 Å². The van der Waals surface area contributed by atoms with E-state index in [1.807, 2.05) is 0 Å². The highest BCUT2D eigenvalue weighted by atomic mass is 35.5. The lowest BCUT2D eigenvalue weighted by Gasteiger charge is -2.29. The Kier molecular flexibility index (Phi) is 4.16. The lowest BCUT2D eigenvalue weighted by atomic mass is 10.1. The molecule has 0 atom stereocenters. The van der Waals surface area contributed by atoms with E-state index >= 15 is 0 Å². The van der Waals surface area contributed by atoms with E-state index in [0.29, 0.717) is 30.0 Å². The van der Waals surface area contributed by atoms with Gasteiger partial charge in [-0.25, -0.2) is 0 Å². The van der Waals surface area contributed by atoms with Gasteiger partial charge in [-0.2, -0.15) is 0 Å². The van der Waals surface area contributed by atoms with Crippen molar-refractivity contribution in [2.24, 2.45) is 0 Å². The second kappa shape index (κ2) is 5.65. The molecule has 0 aliphatic carbocycles. The monoisotopic (exact) mass is 270 g/mol. The van der Waals surface area contributed by atoms with Gasteiger partial charge in [0.2, 0.25) is 0 Å². The van der Waals surface area contributed by atoms with Gasteiger partial charge in [0.15, 0.2) is 0 Å². The molecule has 18 heavy (non-hydrogen) atoms. The van der Waals surface area contributed by atoms with Crippen LogP contribution >= 0.6 is 11.6 Å². The fourth-order valence-corrected chi connectivity index (χ4v) is 2.37. The minimum atomic E-state index is -0.384. The predicted octanol–water partition coefficient (Wildman–Crippen LogP) is 2.20. The molecule has 1 aliphatic heterocycles. The number of hydrogen-bond donors (Lipinski definition) is 1. The number of aliphatic hydroxyl groups is 1. The van der Waals surface area contributed by atoms with Gasteiger partial charge in [0.1, 0.15) is 0 Å². The summed E-state index contributed by atoms with van der Waals surface area (Å²) in [6, 6.07) is 4.62. The predicted molar refractivity (Wildman–Crippen MR) is 68.6 cm³/mol. The van der Waals surface area contributed by atoms with Gasteiger partial charge < -0.3 is 5.11 Å². The lowest BCUT2D eigenvalue weighted by molar-refractivity contribution is -0.385. The first kappa shape index (κ1) is 13.3. The average molecular weight is 271 g/mol. The zero-order chi connectivity index (χ0) is 13.1. The molecule has 5 nitrogen and oxygen atoms in total. The maximum absolute atomic E-state index is 10.9. The molecule has 0 spiro atoms. The number of nitro benzene ring substituents is 1. The van der Waals surface area contributed by atoms with Gasteiger partial charge in [0.05, 0.1) is 11.0 Å². The number of nitrogens with zero attached hydrogens (tertiary/aromatic N) is 2. The molecule has 1 aliphatic rings. The molecule has 98 valence electrons. The fourth-order valence-electron chi connectivity index (χ4n) is 2.18. The molecule has 1 aromatic rings. The van der Waals surface area contributed by atoms with Crippen LogP contribution in [0, 0.1) is 10.1 Å². The number of rotatable bonds is 3. The second-order valence-electron chi connectivity index (χ2n) is 4.54. The number of nitro groups is 1. The summed E-state index contributed by atoms with van der Waals surface area (Å²) < 4.78 is 0. The van der Waals surface area contributed by atoms with E-state index in [2.05, 4.69) is 4.90 Å². The molecule has 1 saturated heterocycles. The van der Waals surface area contributed by atoms with E-state index in [-0.39, 0.29) is 16.7 Å². The molecule has 2 rings (SSSR count). The minimum absolute atomic E-state index is 0.102. The van der Waals surface area contributed by atoms with E-state index in [1.54, 1.807) is 6.07 Å². The molecule has 6 heteroatoms. The van der Waals surface area contributed by atoms with Crippen molar-refractivity contribution in [2.45, 2.75) is 25.5 Å². The highest BCUT2D eigenvalue weighted by molar-refractivity contribution is 6.30. The van der Waals surface area contributed by atoms with E-state index in [1.165, 1.54) is 12.1 Å². The maximum atomic E-state index is 10.9. The summed E-state index contributed by atoms with van der Waals surface area (Å²) >= 11 is 5.88. The maximum Gasteiger partial charge on any atom is 0.273 e. The van der Waals surface area contributed by atoms with Crippen LogP contribution < -0.4 is 0 Å². The summed E-state index contributed by atoms with van der Waals surface area (Å²) in [5, 5.41) is 20.9. The van der Waals surface area contributed by atoms with Crippen LogP contribution in [0.4, 0.5) is 5.69 Å². The van der Waals surface area contributed by atoms with Crippen LogP contribution in [0.5, 0.6) is 0 Å². The Balaban J connectivity index is 2.12. The standard InChI is InChI=1S/C12H15ClN2O3/c13-10-1-2-12(15(17)18)9(7-10)8-14-5-3-11(16)4-6-14/h1-2,7,11,16H,3-6,8H2. The molecule has 0 amide bonds. The third-order valence-electron chi connectivity index (χ3n) is 3.19. The molecule has 0 unspecified atom stereocenters. The van der Waals surface area contributed by atoms with Crippen LogP contribution in [0.3, 0.4) is 0 Å². The molecule has 1 aromatic carbocycles. The first-order chi connectivity index (χ1) is 8.56. The Hall–Kier alpha value is -1.17. The number of benzene rings is 1. The molecule has 0 aromatic heterocycles. The summed E-state index contributed by atoms with van der Waals surface area (Å²) in [5.74, 6) is 0. The van der Waals surface area contributed by atoms with Crippen LogP contribution in [0.2, 0.25) is 5.02 Å². The molecule has 0 radical (unpaired) electrons. The lowest BCUT2D eigenvalue weighted by Crippen LogP contribution is -2.35. The Morgan fingerprint density at radius 3 is 2.72 bits per heavy atom. The molecule has 1 fully saturated rings. The Labute approximate surface area is 110 Å². The van der Waals surface area contributed by atoms with Crippen molar-refractivity contribution in [3.8, 4) is 0 Å². The number of aliphatic hydroxyl groups excluding tert-OH is 1. The van der Waals surface area contributed by atoms with Crippen LogP contribution in [0.25, 0.3) is 0 Å². The highest BCUT2D eigenvalue weighted by Crippen LogP contribution is 2.25. The summed E-state index contributed by atoms with van der Waals surface area (Å²) in [6.07, 6.45) is 1.19. The molecule has 1 N–H and O–H groups in total. The van der Waals surface area contributed by atoms with Crippen molar-refractivity contribution >= 4 is 17.3 Å². The topological polar surface area (TPSA) is 66.6 Å². The summed E-state index contributed by atoms with van der Waals surface area (Å²) in [5.41, 5.74) is 0.731. The van der Waals surface area contributed by atoms with Crippen molar-refractivity contribution in [1.82, 2.24) is 4.90 Å².